The minimum absolute atomic E-state index is 0.123. The highest BCUT2D eigenvalue weighted by atomic mass is 19.1. The molecule has 0 aliphatic heterocycles. The monoisotopic (exact) mass is 503 g/mol. The molecule has 5 rings (SSSR count). The number of carbonyl (C=O) groups excluding carboxylic acids is 1. The zero-order valence-electron chi connectivity index (χ0n) is 20.4. The number of amides is 1. The number of rotatable bonds is 10. The Morgan fingerprint density at radius 3 is 2.62 bits per heavy atom. The highest BCUT2D eigenvalue weighted by Gasteiger charge is 2.25. The Morgan fingerprint density at radius 2 is 1.92 bits per heavy atom. The third kappa shape index (κ3) is 5.96. The lowest BCUT2D eigenvalue weighted by Gasteiger charge is -2.25. The number of hydrogen-bond donors (Lipinski definition) is 2. The number of H-pyrrole nitrogens is 1. The number of tetrazole rings is 1. The van der Waals surface area contributed by atoms with E-state index in [1.54, 1.807) is 6.07 Å². The molecule has 1 saturated carbocycles. The first kappa shape index (κ1) is 24.5. The summed E-state index contributed by atoms with van der Waals surface area (Å²) in [6.45, 7) is 3.84. The molecule has 2 heterocycles. The average molecular weight is 504 g/mol. The van der Waals surface area contributed by atoms with Crippen LogP contribution in [0, 0.1) is 17.6 Å². The van der Waals surface area contributed by atoms with Crippen LogP contribution in [-0.2, 0) is 11.2 Å². The number of nitrogens with zero attached hydrogens (tertiary/aromatic N) is 5. The van der Waals surface area contributed by atoms with E-state index in [9.17, 15) is 13.6 Å². The molecule has 1 aliphatic rings. The molecule has 0 unspecified atom stereocenters. The second kappa shape index (κ2) is 10.8. The normalized spacial score (nSPS) is 12.9. The lowest BCUT2D eigenvalue weighted by molar-refractivity contribution is -0.115. The number of nitrogens with one attached hydrogen (secondary N) is 2. The molecule has 2 aromatic heterocycles. The molecule has 2 aromatic carbocycles. The second-order valence-corrected chi connectivity index (χ2v) is 9.24. The Hall–Kier alpha value is -4.21. The molecule has 1 aliphatic carbocycles. The van der Waals surface area contributed by atoms with Crippen LogP contribution >= 0.6 is 0 Å². The van der Waals surface area contributed by atoms with E-state index in [1.165, 1.54) is 18.9 Å². The van der Waals surface area contributed by atoms with Crippen molar-refractivity contribution in [2.75, 3.05) is 23.3 Å². The number of carbonyl (C=O) groups is 1. The van der Waals surface area contributed by atoms with Crippen LogP contribution in [0.2, 0.25) is 0 Å². The molecule has 0 saturated heterocycles. The van der Waals surface area contributed by atoms with E-state index in [4.69, 9.17) is 4.98 Å². The predicted octanol–water partition coefficient (Wildman–Crippen LogP) is 5.01. The maximum atomic E-state index is 14.1. The van der Waals surface area contributed by atoms with Gasteiger partial charge in [-0.3, -0.25) is 4.79 Å². The van der Waals surface area contributed by atoms with Gasteiger partial charge in [-0.25, -0.2) is 18.9 Å². The summed E-state index contributed by atoms with van der Waals surface area (Å²) in [6, 6.07) is 14.5. The molecule has 190 valence electrons. The molecule has 1 fully saturated rings. The van der Waals surface area contributed by atoms with Crippen molar-refractivity contribution in [1.29, 1.82) is 0 Å². The minimum atomic E-state index is -0.751. The topological polar surface area (TPSA) is 99.7 Å². The molecule has 0 atom stereocenters. The Balaban J connectivity index is 1.51. The van der Waals surface area contributed by atoms with Gasteiger partial charge in [0.1, 0.15) is 17.5 Å². The number of hydrogen-bond acceptors (Lipinski definition) is 6. The van der Waals surface area contributed by atoms with Gasteiger partial charge in [-0.1, -0.05) is 37.3 Å². The van der Waals surface area contributed by atoms with Gasteiger partial charge in [0.15, 0.2) is 5.82 Å². The standard InChI is InChI=1S/C27H27F2N7O/c1-2-11-36(16-17-7-8-17)25-15-20(30-26(37)12-18-9-10-19(28)13-23(18)29)14-24(31-25)21-5-3-4-6-22(21)27-32-34-35-33-27/h3-6,9-10,13-15,17H,2,7-8,11-12,16H2,1H3,(H,30,31,37)(H,32,33,34,35). The fraction of sp³-hybridized carbons (Fsp3) is 0.296. The molecule has 10 heteroatoms. The summed E-state index contributed by atoms with van der Waals surface area (Å²) in [5.74, 6) is 0.0509. The molecule has 1 amide bonds. The van der Waals surface area contributed by atoms with Crippen LogP contribution in [0.4, 0.5) is 20.3 Å². The largest absolute Gasteiger partial charge is 0.356 e. The van der Waals surface area contributed by atoms with Crippen molar-refractivity contribution in [3.63, 3.8) is 0 Å². The molecule has 2 N–H and O–H groups in total. The van der Waals surface area contributed by atoms with Gasteiger partial charge >= 0.3 is 0 Å². The average Bonchev–Trinajstić information content (AvgIpc) is 3.54. The lowest BCUT2D eigenvalue weighted by atomic mass is 10.0. The summed E-state index contributed by atoms with van der Waals surface area (Å²) in [5, 5.41) is 17.1. The maximum Gasteiger partial charge on any atom is 0.228 e. The van der Waals surface area contributed by atoms with Gasteiger partial charge in [0.05, 0.1) is 12.1 Å². The molecule has 8 nitrogen and oxygen atoms in total. The molecule has 37 heavy (non-hydrogen) atoms. The number of halogens is 2. The second-order valence-electron chi connectivity index (χ2n) is 9.24. The molecule has 0 radical (unpaired) electrons. The van der Waals surface area contributed by atoms with Crippen molar-refractivity contribution in [3.05, 3.63) is 71.8 Å². The third-order valence-electron chi connectivity index (χ3n) is 6.26. The van der Waals surface area contributed by atoms with E-state index in [0.29, 0.717) is 23.1 Å². The first-order chi connectivity index (χ1) is 18.0. The minimum Gasteiger partial charge on any atom is -0.356 e. The summed E-state index contributed by atoms with van der Waals surface area (Å²) in [6.07, 6.45) is 3.13. The molecular weight excluding hydrogens is 476 g/mol. The predicted molar refractivity (Wildman–Crippen MR) is 137 cm³/mol. The number of anilines is 2. The zero-order chi connectivity index (χ0) is 25.8. The Morgan fingerprint density at radius 1 is 1.11 bits per heavy atom. The number of aromatic amines is 1. The first-order valence-corrected chi connectivity index (χ1v) is 12.3. The van der Waals surface area contributed by atoms with Gasteiger partial charge in [0, 0.05) is 42.0 Å². The van der Waals surface area contributed by atoms with Gasteiger partial charge in [0.25, 0.3) is 0 Å². The van der Waals surface area contributed by atoms with Crippen LogP contribution in [-0.4, -0.2) is 44.6 Å². The smallest absolute Gasteiger partial charge is 0.228 e. The Labute approximate surface area is 213 Å². The fourth-order valence-corrected chi connectivity index (χ4v) is 4.30. The van der Waals surface area contributed by atoms with Crippen molar-refractivity contribution in [2.45, 2.75) is 32.6 Å². The molecular formula is C27H27F2N7O. The summed E-state index contributed by atoms with van der Waals surface area (Å²) in [5.41, 5.74) is 2.87. The summed E-state index contributed by atoms with van der Waals surface area (Å²) in [7, 11) is 0. The van der Waals surface area contributed by atoms with Crippen LogP contribution < -0.4 is 10.2 Å². The van der Waals surface area contributed by atoms with Gasteiger partial charge in [-0.15, -0.1) is 5.10 Å². The van der Waals surface area contributed by atoms with E-state index in [-0.39, 0.29) is 12.0 Å². The Kier molecular flexibility index (Phi) is 7.16. The van der Waals surface area contributed by atoms with Gasteiger partial charge in [-0.05, 0) is 53.3 Å². The van der Waals surface area contributed by atoms with Crippen molar-refractivity contribution >= 4 is 17.4 Å². The van der Waals surface area contributed by atoms with E-state index >= 15 is 0 Å². The molecule has 4 aromatic rings. The quantitative estimate of drug-likeness (QED) is 0.315. The van der Waals surface area contributed by atoms with Crippen molar-refractivity contribution in [1.82, 2.24) is 25.6 Å². The Bertz CT molecular complexity index is 1390. The van der Waals surface area contributed by atoms with Gasteiger partial charge < -0.3 is 10.2 Å². The van der Waals surface area contributed by atoms with E-state index < -0.39 is 17.5 Å². The van der Waals surface area contributed by atoms with Crippen molar-refractivity contribution in [2.24, 2.45) is 5.92 Å². The number of pyridine rings is 1. The van der Waals surface area contributed by atoms with E-state index in [1.807, 2.05) is 30.3 Å². The highest BCUT2D eigenvalue weighted by molar-refractivity contribution is 5.93. The first-order valence-electron chi connectivity index (χ1n) is 12.3. The van der Waals surface area contributed by atoms with Crippen LogP contribution in [0.25, 0.3) is 22.6 Å². The maximum absolute atomic E-state index is 14.1. The third-order valence-corrected chi connectivity index (χ3v) is 6.26. The van der Waals surface area contributed by atoms with Crippen LogP contribution in [0.1, 0.15) is 31.7 Å². The van der Waals surface area contributed by atoms with Crippen LogP contribution in [0.15, 0.2) is 54.6 Å². The van der Waals surface area contributed by atoms with Crippen molar-refractivity contribution < 1.29 is 13.6 Å². The molecule has 0 spiro atoms. The summed E-state index contributed by atoms with van der Waals surface area (Å²) < 4.78 is 27.4. The van der Waals surface area contributed by atoms with Gasteiger partial charge in [-0.2, -0.15) is 0 Å². The fourth-order valence-electron chi connectivity index (χ4n) is 4.30. The van der Waals surface area contributed by atoms with Gasteiger partial charge in [0.2, 0.25) is 5.91 Å². The molecule has 0 bridgehead atoms. The van der Waals surface area contributed by atoms with Crippen LogP contribution in [0.3, 0.4) is 0 Å². The van der Waals surface area contributed by atoms with Crippen molar-refractivity contribution in [3.8, 4) is 22.6 Å². The zero-order valence-corrected chi connectivity index (χ0v) is 20.4. The number of aromatic nitrogens is 5. The SMILES string of the molecule is CCCN(CC1CC1)c1cc(NC(=O)Cc2ccc(F)cc2F)cc(-c2ccccc2-c2nnn[nH]2)n1. The summed E-state index contributed by atoms with van der Waals surface area (Å²) in [4.78, 5) is 20.1. The van der Waals surface area contributed by atoms with Crippen LogP contribution in [0.5, 0.6) is 0 Å². The lowest BCUT2D eigenvalue weighted by Crippen LogP contribution is -2.28. The highest BCUT2D eigenvalue weighted by Crippen LogP contribution is 2.35. The summed E-state index contributed by atoms with van der Waals surface area (Å²) >= 11 is 0. The van der Waals surface area contributed by atoms with E-state index in [2.05, 4.69) is 37.8 Å². The van der Waals surface area contributed by atoms with E-state index in [0.717, 1.165) is 48.6 Å². The number of benzene rings is 2.